The zero-order valence-electron chi connectivity index (χ0n) is 14.9. The monoisotopic (exact) mass is 370 g/mol. The first kappa shape index (κ1) is 20.1. The molecule has 2 rings (SSSR count). The standard InChI is InChI=1S/C20H22N2O5/c1-27-20(26)17(22-19(25)16(21)12-18(23)24)11-14-9-5-6-10-15(14)13-7-3-2-4-8-13/h2-10,16-17H,11-12,21H2,1H3,(H,22,25)(H,23,24)/t16-,17-/m0/s1. The number of ether oxygens (including phenoxy) is 1. The minimum Gasteiger partial charge on any atom is -0.481 e. The molecule has 0 aromatic heterocycles. The van der Waals surface area contributed by atoms with Gasteiger partial charge in [0.15, 0.2) is 0 Å². The van der Waals surface area contributed by atoms with Crippen LogP contribution in [0.4, 0.5) is 0 Å². The van der Waals surface area contributed by atoms with E-state index in [9.17, 15) is 14.4 Å². The van der Waals surface area contributed by atoms with Crippen LogP contribution in [0.2, 0.25) is 0 Å². The third-order valence-corrected chi connectivity index (χ3v) is 4.06. The Bertz CT molecular complexity index is 807. The van der Waals surface area contributed by atoms with Crippen molar-refractivity contribution in [3.05, 3.63) is 60.2 Å². The highest BCUT2D eigenvalue weighted by molar-refractivity contribution is 5.90. The van der Waals surface area contributed by atoms with Crippen molar-refractivity contribution in [2.75, 3.05) is 7.11 Å². The van der Waals surface area contributed by atoms with Crippen molar-refractivity contribution >= 4 is 17.8 Å². The van der Waals surface area contributed by atoms with Gasteiger partial charge in [-0.05, 0) is 16.7 Å². The number of aliphatic carboxylic acids is 1. The average Bonchev–Trinajstić information content (AvgIpc) is 2.67. The van der Waals surface area contributed by atoms with Gasteiger partial charge >= 0.3 is 11.9 Å². The maximum Gasteiger partial charge on any atom is 0.328 e. The van der Waals surface area contributed by atoms with Gasteiger partial charge < -0.3 is 20.9 Å². The van der Waals surface area contributed by atoms with Crippen LogP contribution >= 0.6 is 0 Å². The highest BCUT2D eigenvalue weighted by atomic mass is 16.5. The molecule has 0 radical (unpaired) electrons. The molecule has 142 valence electrons. The molecule has 4 N–H and O–H groups in total. The van der Waals surface area contributed by atoms with Crippen molar-refractivity contribution in [2.24, 2.45) is 5.73 Å². The van der Waals surface area contributed by atoms with Crippen LogP contribution < -0.4 is 11.1 Å². The number of hydrogen-bond donors (Lipinski definition) is 3. The third kappa shape index (κ3) is 5.65. The summed E-state index contributed by atoms with van der Waals surface area (Å²) in [7, 11) is 1.22. The normalized spacial score (nSPS) is 12.7. The van der Waals surface area contributed by atoms with Crippen LogP contribution in [0.3, 0.4) is 0 Å². The van der Waals surface area contributed by atoms with Crippen molar-refractivity contribution in [1.82, 2.24) is 5.32 Å². The number of nitrogens with two attached hydrogens (primary N) is 1. The lowest BCUT2D eigenvalue weighted by Gasteiger charge is -2.20. The lowest BCUT2D eigenvalue weighted by atomic mass is 9.95. The largest absolute Gasteiger partial charge is 0.481 e. The predicted molar refractivity (Wildman–Crippen MR) is 99.8 cm³/mol. The smallest absolute Gasteiger partial charge is 0.328 e. The summed E-state index contributed by atoms with van der Waals surface area (Å²) in [5.74, 6) is -2.54. The maximum atomic E-state index is 12.2. The van der Waals surface area contributed by atoms with Gasteiger partial charge in [0.05, 0.1) is 19.6 Å². The molecule has 0 spiro atoms. The molecule has 0 unspecified atom stereocenters. The van der Waals surface area contributed by atoms with Gasteiger partial charge in [-0.25, -0.2) is 4.79 Å². The number of rotatable bonds is 8. The predicted octanol–water partition coefficient (Wildman–Crippen LogP) is 1.36. The van der Waals surface area contributed by atoms with E-state index >= 15 is 0 Å². The minimum absolute atomic E-state index is 0.184. The second kappa shape index (κ2) is 9.49. The van der Waals surface area contributed by atoms with Crippen LogP contribution in [0.15, 0.2) is 54.6 Å². The number of esters is 1. The molecule has 7 nitrogen and oxygen atoms in total. The van der Waals surface area contributed by atoms with Gasteiger partial charge in [0.2, 0.25) is 5.91 Å². The second-order valence-corrected chi connectivity index (χ2v) is 6.02. The molecule has 0 aliphatic heterocycles. The molecular formula is C20H22N2O5. The SMILES string of the molecule is COC(=O)[C@H](Cc1ccccc1-c1ccccc1)NC(=O)[C@@H](N)CC(=O)O. The van der Waals surface area contributed by atoms with E-state index in [-0.39, 0.29) is 6.42 Å². The van der Waals surface area contributed by atoms with E-state index < -0.39 is 36.4 Å². The molecular weight excluding hydrogens is 348 g/mol. The number of carbonyl (C=O) groups excluding carboxylic acids is 2. The van der Waals surface area contributed by atoms with Gasteiger partial charge in [-0.1, -0.05) is 54.6 Å². The summed E-state index contributed by atoms with van der Waals surface area (Å²) in [6, 6.07) is 14.9. The first-order valence-electron chi connectivity index (χ1n) is 8.41. The molecule has 2 aromatic carbocycles. The van der Waals surface area contributed by atoms with E-state index in [1.54, 1.807) is 0 Å². The Labute approximate surface area is 157 Å². The number of methoxy groups -OCH3 is 1. The molecule has 0 bridgehead atoms. The zero-order chi connectivity index (χ0) is 19.8. The fourth-order valence-electron chi connectivity index (χ4n) is 2.71. The average molecular weight is 370 g/mol. The summed E-state index contributed by atoms with van der Waals surface area (Å²) in [5, 5.41) is 11.3. The van der Waals surface area contributed by atoms with Crippen LogP contribution in [0.25, 0.3) is 11.1 Å². The molecule has 0 aliphatic rings. The van der Waals surface area contributed by atoms with Crippen LogP contribution in [-0.4, -0.2) is 42.1 Å². The van der Waals surface area contributed by atoms with E-state index in [1.807, 2.05) is 54.6 Å². The van der Waals surface area contributed by atoms with Gasteiger partial charge in [0, 0.05) is 6.42 Å². The molecule has 0 saturated heterocycles. The van der Waals surface area contributed by atoms with Gasteiger partial charge in [0.1, 0.15) is 6.04 Å². The molecule has 0 fully saturated rings. The molecule has 0 heterocycles. The number of hydrogen-bond acceptors (Lipinski definition) is 5. The molecule has 2 atom stereocenters. The quantitative estimate of drug-likeness (QED) is 0.604. The van der Waals surface area contributed by atoms with E-state index in [2.05, 4.69) is 5.32 Å². The fourth-order valence-corrected chi connectivity index (χ4v) is 2.71. The van der Waals surface area contributed by atoms with E-state index in [0.29, 0.717) is 0 Å². The zero-order valence-corrected chi connectivity index (χ0v) is 14.9. The fraction of sp³-hybridized carbons (Fsp3) is 0.250. The van der Waals surface area contributed by atoms with Crippen molar-refractivity contribution in [3.63, 3.8) is 0 Å². The number of carbonyl (C=O) groups is 3. The van der Waals surface area contributed by atoms with Crippen LogP contribution in [0, 0.1) is 0 Å². The number of carboxylic acid groups (broad SMARTS) is 1. The van der Waals surface area contributed by atoms with E-state index in [4.69, 9.17) is 15.6 Å². The van der Waals surface area contributed by atoms with Crippen molar-refractivity contribution in [1.29, 1.82) is 0 Å². The Morgan fingerprint density at radius 3 is 2.33 bits per heavy atom. The number of amides is 1. The first-order chi connectivity index (χ1) is 12.9. The van der Waals surface area contributed by atoms with E-state index in [0.717, 1.165) is 16.7 Å². The van der Waals surface area contributed by atoms with Gasteiger partial charge in [-0.15, -0.1) is 0 Å². The first-order valence-corrected chi connectivity index (χ1v) is 8.41. The molecule has 27 heavy (non-hydrogen) atoms. The minimum atomic E-state index is -1.25. The van der Waals surface area contributed by atoms with Crippen LogP contribution in [0.1, 0.15) is 12.0 Å². The van der Waals surface area contributed by atoms with Crippen molar-refractivity contribution < 1.29 is 24.2 Å². The molecule has 0 saturated carbocycles. The Morgan fingerprint density at radius 2 is 1.70 bits per heavy atom. The Kier molecular flexibility index (Phi) is 7.08. The number of benzene rings is 2. The molecule has 0 aliphatic carbocycles. The number of nitrogens with one attached hydrogen (secondary N) is 1. The summed E-state index contributed by atoms with van der Waals surface area (Å²) in [6.45, 7) is 0. The van der Waals surface area contributed by atoms with Gasteiger partial charge in [-0.2, -0.15) is 0 Å². The van der Waals surface area contributed by atoms with E-state index in [1.165, 1.54) is 7.11 Å². The Balaban J connectivity index is 2.24. The maximum absolute atomic E-state index is 12.2. The summed E-state index contributed by atoms with van der Waals surface area (Å²) in [4.78, 5) is 35.0. The molecule has 2 aromatic rings. The molecule has 1 amide bonds. The summed E-state index contributed by atoms with van der Waals surface area (Å²) in [6.07, 6.45) is -0.344. The Hall–Kier alpha value is -3.19. The number of carboxylic acids is 1. The lowest BCUT2D eigenvalue weighted by Crippen LogP contribution is -2.50. The van der Waals surface area contributed by atoms with Crippen molar-refractivity contribution in [2.45, 2.75) is 24.9 Å². The summed E-state index contributed by atoms with van der Waals surface area (Å²) >= 11 is 0. The highest BCUT2D eigenvalue weighted by Crippen LogP contribution is 2.24. The van der Waals surface area contributed by atoms with Gasteiger partial charge in [-0.3, -0.25) is 9.59 Å². The van der Waals surface area contributed by atoms with Crippen LogP contribution in [0.5, 0.6) is 0 Å². The second-order valence-electron chi connectivity index (χ2n) is 6.02. The third-order valence-electron chi connectivity index (χ3n) is 4.06. The summed E-state index contributed by atoms with van der Waals surface area (Å²) in [5.41, 5.74) is 8.32. The Morgan fingerprint density at radius 1 is 1.07 bits per heavy atom. The van der Waals surface area contributed by atoms with Crippen LogP contribution in [-0.2, 0) is 25.5 Å². The van der Waals surface area contributed by atoms with Crippen molar-refractivity contribution in [3.8, 4) is 11.1 Å². The molecule has 7 heteroatoms. The lowest BCUT2D eigenvalue weighted by molar-refractivity contribution is -0.145. The highest BCUT2D eigenvalue weighted by Gasteiger charge is 2.26. The van der Waals surface area contributed by atoms with Gasteiger partial charge in [0.25, 0.3) is 0 Å². The topological polar surface area (TPSA) is 119 Å². The summed E-state index contributed by atoms with van der Waals surface area (Å²) < 4.78 is 4.78.